The molecule has 0 amide bonds. The molecule has 0 spiro atoms. The fourth-order valence-electron chi connectivity index (χ4n) is 2.40. The third-order valence-corrected chi connectivity index (χ3v) is 3.32. The van der Waals surface area contributed by atoms with Crippen molar-refractivity contribution in [3.8, 4) is 0 Å². The minimum absolute atomic E-state index is 0.699. The summed E-state index contributed by atoms with van der Waals surface area (Å²) < 4.78 is 0. The van der Waals surface area contributed by atoms with Crippen LogP contribution >= 0.6 is 0 Å². The fourth-order valence-corrected chi connectivity index (χ4v) is 2.40. The van der Waals surface area contributed by atoms with Gasteiger partial charge in [0.1, 0.15) is 0 Å². The Morgan fingerprint density at radius 2 is 1.33 bits per heavy atom. The minimum atomic E-state index is 0.699. The van der Waals surface area contributed by atoms with Gasteiger partial charge in [-0.25, -0.2) is 10.0 Å². The summed E-state index contributed by atoms with van der Waals surface area (Å²) in [6.07, 6.45) is 4.37. The highest BCUT2D eigenvalue weighted by Gasteiger charge is 2.23. The second-order valence-electron chi connectivity index (χ2n) is 5.07. The lowest BCUT2D eigenvalue weighted by atomic mass is 10.0. The molecular weight excluding hydrogens is 228 g/mol. The second kappa shape index (κ2) is 9.66. The third-order valence-electron chi connectivity index (χ3n) is 3.32. The van der Waals surface area contributed by atoms with Gasteiger partial charge in [0.2, 0.25) is 0 Å². The molecule has 0 saturated carbocycles. The molecule has 0 aromatic rings. The van der Waals surface area contributed by atoms with Crippen LogP contribution in [0, 0.1) is 5.92 Å². The zero-order chi connectivity index (χ0) is 13.2. The number of nitrogens with one attached hydrogen (secondary N) is 1. The van der Waals surface area contributed by atoms with Gasteiger partial charge in [-0.3, -0.25) is 0 Å². The first-order valence-corrected chi connectivity index (χ1v) is 7.16. The van der Waals surface area contributed by atoms with E-state index >= 15 is 0 Å². The second-order valence-corrected chi connectivity index (χ2v) is 5.07. The molecule has 0 radical (unpaired) electrons. The molecule has 1 heterocycles. The first-order valence-electron chi connectivity index (χ1n) is 7.16. The largest absolute Gasteiger partial charge is 0.330 e. The molecule has 18 heavy (non-hydrogen) atoms. The molecule has 0 aliphatic carbocycles. The monoisotopic (exact) mass is 258 g/mol. The molecule has 1 aliphatic rings. The van der Waals surface area contributed by atoms with Crippen LogP contribution in [0.25, 0.3) is 0 Å². The van der Waals surface area contributed by atoms with E-state index in [2.05, 4.69) is 15.6 Å². The maximum Gasteiger partial charge on any atom is 0.0185 e. The molecule has 108 valence electrons. The SMILES string of the molecule is NCCCC1CN(CCCN)NN(CCCN)C1. The lowest BCUT2D eigenvalue weighted by Crippen LogP contribution is -2.59. The molecule has 0 atom stereocenters. The zero-order valence-corrected chi connectivity index (χ0v) is 11.5. The average Bonchev–Trinajstić information content (AvgIpc) is 2.40. The number of nitrogens with two attached hydrogens (primary N) is 3. The summed E-state index contributed by atoms with van der Waals surface area (Å²) in [6, 6.07) is 0. The normalized spacial score (nSPS) is 19.5. The smallest absolute Gasteiger partial charge is 0.0185 e. The number of rotatable bonds is 9. The highest BCUT2D eigenvalue weighted by molar-refractivity contribution is 4.73. The summed E-state index contributed by atoms with van der Waals surface area (Å²) >= 11 is 0. The Bertz CT molecular complexity index is 162. The van der Waals surface area contributed by atoms with Crippen LogP contribution in [0.5, 0.6) is 0 Å². The Balaban J connectivity index is 2.38. The van der Waals surface area contributed by atoms with E-state index in [-0.39, 0.29) is 0 Å². The van der Waals surface area contributed by atoms with Gasteiger partial charge >= 0.3 is 0 Å². The Morgan fingerprint density at radius 1 is 0.833 bits per heavy atom. The summed E-state index contributed by atoms with van der Waals surface area (Å²) in [5, 5.41) is 4.57. The van der Waals surface area contributed by atoms with Crippen LogP contribution in [0.1, 0.15) is 25.7 Å². The molecule has 0 unspecified atom stereocenters. The lowest BCUT2D eigenvalue weighted by Gasteiger charge is -2.41. The summed E-state index contributed by atoms with van der Waals surface area (Å²) in [5.74, 6) is 0.699. The van der Waals surface area contributed by atoms with Crippen molar-refractivity contribution in [1.82, 2.24) is 15.6 Å². The zero-order valence-electron chi connectivity index (χ0n) is 11.5. The van der Waals surface area contributed by atoms with Gasteiger partial charge in [-0.2, -0.15) is 5.53 Å². The molecule has 0 aromatic heterocycles. The molecule has 1 rings (SSSR count). The molecule has 0 bridgehead atoms. The van der Waals surface area contributed by atoms with E-state index in [4.69, 9.17) is 17.2 Å². The lowest BCUT2D eigenvalue weighted by molar-refractivity contribution is -0.0457. The van der Waals surface area contributed by atoms with E-state index < -0.39 is 0 Å². The van der Waals surface area contributed by atoms with Gasteiger partial charge in [0.15, 0.2) is 0 Å². The van der Waals surface area contributed by atoms with Gasteiger partial charge in [0.25, 0.3) is 0 Å². The highest BCUT2D eigenvalue weighted by atomic mass is 15.8. The predicted molar refractivity (Wildman–Crippen MR) is 75.4 cm³/mol. The van der Waals surface area contributed by atoms with Gasteiger partial charge in [-0.15, -0.1) is 0 Å². The minimum Gasteiger partial charge on any atom is -0.330 e. The van der Waals surface area contributed by atoms with E-state index in [9.17, 15) is 0 Å². The van der Waals surface area contributed by atoms with Gasteiger partial charge in [-0.1, -0.05) is 0 Å². The van der Waals surface area contributed by atoms with Crippen LogP contribution in [0.3, 0.4) is 0 Å². The molecule has 1 aliphatic heterocycles. The first-order chi connectivity index (χ1) is 8.80. The van der Waals surface area contributed by atoms with Crippen LogP contribution in [-0.4, -0.2) is 55.8 Å². The Kier molecular flexibility index (Phi) is 8.49. The molecular formula is C12H30N6. The average molecular weight is 258 g/mol. The van der Waals surface area contributed by atoms with Crippen LogP contribution < -0.4 is 22.7 Å². The van der Waals surface area contributed by atoms with Crippen molar-refractivity contribution >= 4 is 0 Å². The number of nitrogens with zero attached hydrogens (tertiary/aromatic N) is 2. The fraction of sp³-hybridized carbons (Fsp3) is 1.00. The van der Waals surface area contributed by atoms with Crippen LogP contribution in [0.4, 0.5) is 0 Å². The van der Waals surface area contributed by atoms with Crippen molar-refractivity contribution in [2.24, 2.45) is 23.1 Å². The maximum absolute atomic E-state index is 5.60. The van der Waals surface area contributed by atoms with Gasteiger partial charge in [-0.05, 0) is 51.2 Å². The topological polar surface area (TPSA) is 96.6 Å². The Morgan fingerprint density at radius 3 is 1.78 bits per heavy atom. The quantitative estimate of drug-likeness (QED) is 0.427. The van der Waals surface area contributed by atoms with Gasteiger partial charge in [0.05, 0.1) is 0 Å². The maximum atomic E-state index is 5.60. The van der Waals surface area contributed by atoms with Crippen LogP contribution in [0.2, 0.25) is 0 Å². The van der Waals surface area contributed by atoms with Gasteiger partial charge in [0, 0.05) is 26.2 Å². The first kappa shape index (κ1) is 15.8. The van der Waals surface area contributed by atoms with Crippen molar-refractivity contribution in [2.75, 3.05) is 45.8 Å². The standard InChI is InChI=1S/C12H30N6/c13-5-1-4-12-10-17(8-2-6-14)16-18(11-12)9-3-7-15/h12,16H,1-11,13-15H2. The van der Waals surface area contributed by atoms with E-state index in [0.29, 0.717) is 5.92 Å². The number of hydrazine groups is 2. The highest BCUT2D eigenvalue weighted by Crippen LogP contribution is 2.14. The summed E-state index contributed by atoms with van der Waals surface area (Å²) in [6.45, 7) is 6.49. The van der Waals surface area contributed by atoms with Crippen molar-refractivity contribution in [1.29, 1.82) is 0 Å². The van der Waals surface area contributed by atoms with E-state index in [1.807, 2.05) is 0 Å². The molecule has 6 heteroatoms. The molecule has 1 saturated heterocycles. The predicted octanol–water partition coefficient (Wildman–Crippen LogP) is -0.924. The van der Waals surface area contributed by atoms with Crippen LogP contribution in [-0.2, 0) is 0 Å². The van der Waals surface area contributed by atoms with Crippen LogP contribution in [0.15, 0.2) is 0 Å². The summed E-state index contributed by atoms with van der Waals surface area (Å²) in [7, 11) is 0. The van der Waals surface area contributed by atoms with E-state index in [1.54, 1.807) is 0 Å². The van der Waals surface area contributed by atoms with Crippen molar-refractivity contribution in [3.63, 3.8) is 0 Å². The molecule has 1 fully saturated rings. The van der Waals surface area contributed by atoms with E-state index in [0.717, 1.165) is 65.1 Å². The molecule has 7 N–H and O–H groups in total. The number of hydrogen-bond donors (Lipinski definition) is 4. The Labute approximate surface area is 111 Å². The van der Waals surface area contributed by atoms with Crippen molar-refractivity contribution in [3.05, 3.63) is 0 Å². The summed E-state index contributed by atoms with van der Waals surface area (Å²) in [4.78, 5) is 0. The summed E-state index contributed by atoms with van der Waals surface area (Å²) in [5.41, 5.74) is 20.2. The van der Waals surface area contributed by atoms with Crippen molar-refractivity contribution < 1.29 is 0 Å². The van der Waals surface area contributed by atoms with Crippen molar-refractivity contribution in [2.45, 2.75) is 25.7 Å². The van der Waals surface area contributed by atoms with Gasteiger partial charge < -0.3 is 17.2 Å². The third kappa shape index (κ3) is 6.08. The molecule has 6 nitrogen and oxygen atoms in total. The molecule has 0 aromatic carbocycles. The van der Waals surface area contributed by atoms with E-state index in [1.165, 1.54) is 6.42 Å². The Hall–Kier alpha value is -0.240. The number of hydrogen-bond acceptors (Lipinski definition) is 6.